The van der Waals surface area contributed by atoms with Crippen LogP contribution in [0.25, 0.3) is 0 Å². The molecular weight excluding hydrogens is 244 g/mol. The summed E-state index contributed by atoms with van der Waals surface area (Å²) in [5, 5.41) is 0.526. The molecule has 0 amide bonds. The van der Waals surface area contributed by atoms with Crippen LogP contribution in [0.3, 0.4) is 0 Å². The molecule has 0 atom stereocenters. The average Bonchev–Trinajstić information content (AvgIpc) is 2.04. The smallest absolute Gasteiger partial charge is 0.175 e. The first-order valence-electron chi connectivity index (χ1n) is 5.08. The number of rotatable bonds is 2. The predicted octanol–water partition coefficient (Wildman–Crippen LogP) is 3.33. The summed E-state index contributed by atoms with van der Waals surface area (Å²) in [7, 11) is -3.17. The lowest BCUT2D eigenvalue weighted by Gasteiger charge is -2.19. The van der Waals surface area contributed by atoms with E-state index in [1.807, 2.05) is 0 Å². The van der Waals surface area contributed by atoms with Gasteiger partial charge in [0.1, 0.15) is 0 Å². The van der Waals surface area contributed by atoms with Crippen LogP contribution in [-0.2, 0) is 16.3 Å². The van der Waals surface area contributed by atoms with Crippen LogP contribution in [0.2, 0.25) is 5.02 Å². The molecule has 0 aliphatic carbocycles. The maximum absolute atomic E-state index is 11.3. The van der Waals surface area contributed by atoms with Gasteiger partial charge in [-0.1, -0.05) is 38.4 Å². The number of benzene rings is 1. The molecule has 0 radical (unpaired) electrons. The molecule has 4 heteroatoms. The number of hydrogen-bond acceptors (Lipinski definition) is 2. The largest absolute Gasteiger partial charge is 0.224 e. The van der Waals surface area contributed by atoms with Crippen LogP contribution >= 0.6 is 11.6 Å². The van der Waals surface area contributed by atoms with Gasteiger partial charge in [0.05, 0.1) is 4.90 Å². The Morgan fingerprint density at radius 3 is 2.19 bits per heavy atom. The van der Waals surface area contributed by atoms with Crippen LogP contribution in [0.5, 0.6) is 0 Å². The predicted molar refractivity (Wildman–Crippen MR) is 67.7 cm³/mol. The van der Waals surface area contributed by atoms with Gasteiger partial charge in [-0.15, -0.1) is 0 Å². The quantitative estimate of drug-likeness (QED) is 0.817. The minimum absolute atomic E-state index is 0.135. The Balaban J connectivity index is 3.11. The molecule has 0 fully saturated rings. The molecule has 0 saturated heterocycles. The van der Waals surface area contributed by atoms with Crippen LogP contribution < -0.4 is 0 Å². The highest BCUT2D eigenvalue weighted by Gasteiger charge is 2.15. The van der Waals surface area contributed by atoms with Crippen LogP contribution in [0.15, 0.2) is 23.1 Å². The lowest BCUT2D eigenvalue weighted by Crippen LogP contribution is -2.10. The summed E-state index contributed by atoms with van der Waals surface area (Å²) < 4.78 is 22.6. The van der Waals surface area contributed by atoms with E-state index >= 15 is 0 Å². The first kappa shape index (κ1) is 13.5. The van der Waals surface area contributed by atoms with E-state index in [0.717, 1.165) is 12.0 Å². The molecule has 16 heavy (non-hydrogen) atoms. The van der Waals surface area contributed by atoms with E-state index in [0.29, 0.717) is 5.02 Å². The molecule has 0 heterocycles. The Morgan fingerprint density at radius 1 is 1.25 bits per heavy atom. The van der Waals surface area contributed by atoms with Gasteiger partial charge in [-0.05, 0) is 29.5 Å². The molecule has 0 aromatic heterocycles. The minimum atomic E-state index is -3.17. The summed E-state index contributed by atoms with van der Waals surface area (Å²) in [5.41, 5.74) is 1.12. The van der Waals surface area contributed by atoms with Gasteiger partial charge in [0.25, 0.3) is 0 Å². The Bertz CT molecular complexity index is 484. The number of halogens is 1. The minimum Gasteiger partial charge on any atom is -0.224 e. The van der Waals surface area contributed by atoms with Crippen molar-refractivity contribution in [1.29, 1.82) is 0 Å². The van der Waals surface area contributed by atoms with Crippen molar-refractivity contribution >= 4 is 21.4 Å². The van der Waals surface area contributed by atoms with Crippen molar-refractivity contribution in [3.8, 4) is 0 Å². The van der Waals surface area contributed by atoms with Gasteiger partial charge in [-0.3, -0.25) is 0 Å². The third-order valence-electron chi connectivity index (χ3n) is 2.17. The highest BCUT2D eigenvalue weighted by Crippen LogP contribution is 2.27. The fourth-order valence-electron chi connectivity index (χ4n) is 1.47. The van der Waals surface area contributed by atoms with Crippen molar-refractivity contribution in [2.75, 3.05) is 6.26 Å². The number of sulfone groups is 1. The lowest BCUT2D eigenvalue weighted by atomic mass is 9.88. The summed E-state index contributed by atoms with van der Waals surface area (Å²) in [5.74, 6) is 0. The molecule has 0 unspecified atom stereocenters. The van der Waals surface area contributed by atoms with Crippen LogP contribution in [0.1, 0.15) is 26.3 Å². The van der Waals surface area contributed by atoms with Crippen LogP contribution in [0, 0.1) is 5.41 Å². The van der Waals surface area contributed by atoms with Crippen molar-refractivity contribution in [1.82, 2.24) is 0 Å². The molecule has 90 valence electrons. The first-order chi connectivity index (χ1) is 7.09. The Hall–Kier alpha value is -0.540. The second-order valence-electron chi connectivity index (χ2n) is 5.26. The molecule has 1 rings (SSSR count). The van der Waals surface area contributed by atoms with Gasteiger partial charge in [0, 0.05) is 11.3 Å². The molecule has 0 bridgehead atoms. The van der Waals surface area contributed by atoms with E-state index in [1.54, 1.807) is 12.1 Å². The molecule has 0 spiro atoms. The van der Waals surface area contributed by atoms with Gasteiger partial charge in [-0.25, -0.2) is 8.42 Å². The first-order valence-corrected chi connectivity index (χ1v) is 7.35. The fourth-order valence-corrected chi connectivity index (χ4v) is 2.43. The van der Waals surface area contributed by atoms with E-state index < -0.39 is 9.84 Å². The normalized spacial score (nSPS) is 12.8. The Morgan fingerprint density at radius 2 is 1.81 bits per heavy atom. The second kappa shape index (κ2) is 4.38. The van der Waals surface area contributed by atoms with Crippen molar-refractivity contribution in [3.05, 3.63) is 28.8 Å². The summed E-state index contributed by atoms with van der Waals surface area (Å²) in [6.07, 6.45) is 2.01. The maximum atomic E-state index is 11.3. The van der Waals surface area contributed by atoms with E-state index in [4.69, 9.17) is 11.6 Å². The zero-order valence-corrected chi connectivity index (χ0v) is 11.6. The molecule has 1 aromatic rings. The van der Waals surface area contributed by atoms with E-state index in [9.17, 15) is 8.42 Å². The van der Waals surface area contributed by atoms with Gasteiger partial charge >= 0.3 is 0 Å². The molecule has 0 N–H and O–H groups in total. The van der Waals surface area contributed by atoms with E-state index in [1.165, 1.54) is 12.3 Å². The number of hydrogen-bond donors (Lipinski definition) is 0. The Labute approximate surface area is 103 Å². The lowest BCUT2D eigenvalue weighted by molar-refractivity contribution is 0.411. The monoisotopic (exact) mass is 260 g/mol. The highest BCUT2D eigenvalue weighted by molar-refractivity contribution is 7.90. The van der Waals surface area contributed by atoms with Crippen molar-refractivity contribution < 1.29 is 8.42 Å². The zero-order valence-electron chi connectivity index (χ0n) is 10.0. The van der Waals surface area contributed by atoms with Gasteiger partial charge < -0.3 is 0 Å². The van der Waals surface area contributed by atoms with Crippen LogP contribution in [0.4, 0.5) is 0 Å². The molecule has 2 nitrogen and oxygen atoms in total. The fraction of sp³-hybridized carbons (Fsp3) is 0.500. The molecular formula is C12H17ClO2S. The summed E-state index contributed by atoms with van der Waals surface area (Å²) in [4.78, 5) is 0.273. The van der Waals surface area contributed by atoms with E-state index in [2.05, 4.69) is 20.8 Å². The molecule has 0 saturated carbocycles. The van der Waals surface area contributed by atoms with Gasteiger partial charge in [0.15, 0.2) is 9.84 Å². The van der Waals surface area contributed by atoms with Crippen LogP contribution in [-0.4, -0.2) is 14.7 Å². The van der Waals surface area contributed by atoms with Gasteiger partial charge in [0.2, 0.25) is 0 Å². The van der Waals surface area contributed by atoms with Crippen molar-refractivity contribution in [2.24, 2.45) is 5.41 Å². The third-order valence-corrected chi connectivity index (χ3v) is 3.64. The molecule has 1 aromatic carbocycles. The summed E-state index contributed by atoms with van der Waals surface area (Å²) in [6, 6.07) is 4.93. The van der Waals surface area contributed by atoms with E-state index in [-0.39, 0.29) is 10.3 Å². The molecule has 0 aliphatic rings. The SMILES string of the molecule is CC(C)(C)Cc1ccc(S(C)(=O)=O)cc1Cl. The standard InChI is InChI=1S/C12H17ClO2S/c1-12(2,3)8-9-5-6-10(7-11(9)13)16(4,14)15/h5-7H,8H2,1-4H3. The van der Waals surface area contributed by atoms with Gasteiger partial charge in [-0.2, -0.15) is 0 Å². The van der Waals surface area contributed by atoms with Crippen molar-refractivity contribution in [3.63, 3.8) is 0 Å². The zero-order chi connectivity index (χ0) is 12.6. The second-order valence-corrected chi connectivity index (χ2v) is 7.69. The maximum Gasteiger partial charge on any atom is 0.175 e. The topological polar surface area (TPSA) is 34.1 Å². The summed E-state index contributed by atoms with van der Waals surface area (Å²) >= 11 is 6.08. The average molecular weight is 261 g/mol. The molecule has 0 aliphatic heterocycles. The van der Waals surface area contributed by atoms with Crippen molar-refractivity contribution in [2.45, 2.75) is 32.1 Å². The summed E-state index contributed by atoms with van der Waals surface area (Å²) in [6.45, 7) is 6.36. The Kier molecular flexibility index (Phi) is 3.70. The third kappa shape index (κ3) is 3.80. The highest BCUT2D eigenvalue weighted by atomic mass is 35.5.